The Labute approximate surface area is 114 Å². The van der Waals surface area contributed by atoms with E-state index in [0.717, 1.165) is 37.2 Å². The molecule has 1 aromatic rings. The number of rotatable bonds is 3. The van der Waals surface area contributed by atoms with Gasteiger partial charge in [0.05, 0.1) is 12.7 Å². The Hall–Kier alpha value is -1.55. The van der Waals surface area contributed by atoms with Gasteiger partial charge in [-0.3, -0.25) is 0 Å². The van der Waals surface area contributed by atoms with Crippen LogP contribution in [0.2, 0.25) is 0 Å². The number of carbonyl (C=O) groups excluding carboxylic acids is 1. The highest BCUT2D eigenvalue weighted by Crippen LogP contribution is 2.19. The molecule has 1 N–H and O–H groups in total. The van der Waals surface area contributed by atoms with E-state index in [4.69, 9.17) is 4.74 Å². The van der Waals surface area contributed by atoms with E-state index >= 15 is 0 Å². The van der Waals surface area contributed by atoms with Crippen LogP contribution in [0.1, 0.15) is 28.8 Å². The summed E-state index contributed by atoms with van der Waals surface area (Å²) in [7, 11) is 3.57. The van der Waals surface area contributed by atoms with Crippen molar-refractivity contribution in [2.75, 3.05) is 32.6 Å². The van der Waals surface area contributed by atoms with Crippen molar-refractivity contribution in [2.24, 2.45) is 0 Å². The number of esters is 1. The molecule has 0 unspecified atom stereocenters. The average molecular weight is 262 g/mol. The first-order valence-electron chi connectivity index (χ1n) is 6.74. The third-order valence-corrected chi connectivity index (χ3v) is 3.72. The number of nitrogens with one attached hydrogen (secondary N) is 1. The van der Waals surface area contributed by atoms with Crippen molar-refractivity contribution in [1.82, 2.24) is 4.90 Å². The van der Waals surface area contributed by atoms with Gasteiger partial charge < -0.3 is 15.0 Å². The molecular weight excluding hydrogens is 240 g/mol. The Morgan fingerprint density at radius 1 is 1.37 bits per heavy atom. The summed E-state index contributed by atoms with van der Waals surface area (Å²) in [5, 5.41) is 3.55. The molecule has 2 rings (SSSR count). The van der Waals surface area contributed by atoms with Crippen molar-refractivity contribution in [1.29, 1.82) is 0 Å². The zero-order valence-electron chi connectivity index (χ0n) is 11.9. The molecule has 1 aliphatic heterocycles. The monoisotopic (exact) mass is 262 g/mol. The summed E-state index contributed by atoms with van der Waals surface area (Å²) in [6.07, 6.45) is 2.32. The van der Waals surface area contributed by atoms with Crippen LogP contribution < -0.4 is 5.32 Å². The van der Waals surface area contributed by atoms with E-state index in [9.17, 15) is 4.79 Å². The van der Waals surface area contributed by atoms with Crippen LogP contribution in [-0.4, -0.2) is 44.2 Å². The molecule has 0 amide bonds. The van der Waals surface area contributed by atoms with Gasteiger partial charge in [-0.15, -0.1) is 0 Å². The van der Waals surface area contributed by atoms with Gasteiger partial charge >= 0.3 is 5.97 Å². The number of hydrogen-bond acceptors (Lipinski definition) is 4. The number of likely N-dealkylation sites (tertiary alicyclic amines) is 1. The van der Waals surface area contributed by atoms with Gasteiger partial charge in [-0.2, -0.15) is 0 Å². The number of benzene rings is 1. The smallest absolute Gasteiger partial charge is 0.338 e. The Morgan fingerprint density at radius 2 is 2.05 bits per heavy atom. The summed E-state index contributed by atoms with van der Waals surface area (Å²) in [5.74, 6) is -0.275. The molecule has 1 saturated heterocycles. The summed E-state index contributed by atoms with van der Waals surface area (Å²) < 4.78 is 4.75. The molecule has 4 nitrogen and oxygen atoms in total. The quantitative estimate of drug-likeness (QED) is 0.849. The van der Waals surface area contributed by atoms with E-state index in [2.05, 4.69) is 17.3 Å². The van der Waals surface area contributed by atoms with E-state index in [0.29, 0.717) is 11.6 Å². The number of piperidine rings is 1. The van der Waals surface area contributed by atoms with Crippen LogP contribution in [0.5, 0.6) is 0 Å². The number of anilines is 1. The summed E-state index contributed by atoms with van der Waals surface area (Å²) in [6.45, 7) is 4.21. The van der Waals surface area contributed by atoms with Crippen molar-refractivity contribution >= 4 is 11.7 Å². The third-order valence-electron chi connectivity index (χ3n) is 3.72. The van der Waals surface area contributed by atoms with E-state index in [1.54, 1.807) is 0 Å². The lowest BCUT2D eigenvalue weighted by atomic mass is 10.0. The molecule has 1 aromatic carbocycles. The molecule has 104 valence electrons. The summed E-state index contributed by atoms with van der Waals surface area (Å²) in [6, 6.07) is 6.33. The molecule has 0 bridgehead atoms. The molecule has 0 aliphatic carbocycles. The fourth-order valence-electron chi connectivity index (χ4n) is 2.48. The van der Waals surface area contributed by atoms with Crippen molar-refractivity contribution in [2.45, 2.75) is 25.8 Å². The van der Waals surface area contributed by atoms with Crippen LogP contribution >= 0.6 is 0 Å². The second kappa shape index (κ2) is 6.06. The predicted molar refractivity (Wildman–Crippen MR) is 76.7 cm³/mol. The van der Waals surface area contributed by atoms with E-state index in [-0.39, 0.29) is 5.97 Å². The highest BCUT2D eigenvalue weighted by atomic mass is 16.5. The Kier molecular flexibility index (Phi) is 4.43. The molecule has 0 spiro atoms. The van der Waals surface area contributed by atoms with Gasteiger partial charge in [-0.05, 0) is 63.7 Å². The van der Waals surface area contributed by atoms with E-state index in [1.807, 2.05) is 25.1 Å². The largest absolute Gasteiger partial charge is 0.465 e. The van der Waals surface area contributed by atoms with Gasteiger partial charge in [-0.25, -0.2) is 4.79 Å². The lowest BCUT2D eigenvalue weighted by Gasteiger charge is -2.30. The number of methoxy groups -OCH3 is 1. The van der Waals surface area contributed by atoms with Gasteiger partial charge in [0.15, 0.2) is 0 Å². The highest BCUT2D eigenvalue weighted by molar-refractivity contribution is 5.91. The van der Waals surface area contributed by atoms with Crippen LogP contribution in [0.25, 0.3) is 0 Å². The maximum Gasteiger partial charge on any atom is 0.338 e. The van der Waals surface area contributed by atoms with Gasteiger partial charge in [-0.1, -0.05) is 0 Å². The fourth-order valence-corrected chi connectivity index (χ4v) is 2.48. The summed E-state index contributed by atoms with van der Waals surface area (Å²) >= 11 is 0. The van der Waals surface area contributed by atoms with Crippen molar-refractivity contribution in [3.05, 3.63) is 29.3 Å². The first-order chi connectivity index (χ1) is 9.10. The zero-order valence-corrected chi connectivity index (χ0v) is 11.9. The molecule has 0 saturated carbocycles. The van der Waals surface area contributed by atoms with Gasteiger partial charge in [0, 0.05) is 11.7 Å². The molecule has 1 fully saturated rings. The van der Waals surface area contributed by atoms with Gasteiger partial charge in [0.25, 0.3) is 0 Å². The van der Waals surface area contributed by atoms with Crippen LogP contribution in [0.3, 0.4) is 0 Å². The number of carbonyl (C=O) groups is 1. The zero-order chi connectivity index (χ0) is 13.8. The predicted octanol–water partition coefficient (Wildman–Crippen LogP) is 2.29. The maximum absolute atomic E-state index is 11.5. The standard InChI is InChI=1S/C15H22N2O2/c1-11-10-13(4-5-14(11)15(18)19-3)16-12-6-8-17(2)9-7-12/h4-5,10,12,16H,6-9H2,1-3H3. The van der Waals surface area contributed by atoms with Crippen molar-refractivity contribution in [3.63, 3.8) is 0 Å². The topological polar surface area (TPSA) is 41.6 Å². The minimum absolute atomic E-state index is 0.275. The summed E-state index contributed by atoms with van der Waals surface area (Å²) in [5.41, 5.74) is 2.67. The Bertz CT molecular complexity index is 451. The van der Waals surface area contributed by atoms with Crippen molar-refractivity contribution in [3.8, 4) is 0 Å². The Morgan fingerprint density at radius 3 is 2.63 bits per heavy atom. The van der Waals surface area contributed by atoms with Crippen LogP contribution in [0, 0.1) is 6.92 Å². The first-order valence-corrected chi connectivity index (χ1v) is 6.74. The number of aryl methyl sites for hydroxylation is 1. The van der Waals surface area contributed by atoms with Gasteiger partial charge in [0.2, 0.25) is 0 Å². The minimum atomic E-state index is -0.275. The number of nitrogens with zero attached hydrogens (tertiary/aromatic N) is 1. The molecule has 1 aliphatic rings. The fraction of sp³-hybridized carbons (Fsp3) is 0.533. The van der Waals surface area contributed by atoms with Crippen LogP contribution in [-0.2, 0) is 4.74 Å². The SMILES string of the molecule is COC(=O)c1ccc(NC2CCN(C)CC2)cc1C. The lowest BCUT2D eigenvalue weighted by Crippen LogP contribution is -2.36. The van der Waals surface area contributed by atoms with E-state index < -0.39 is 0 Å². The first kappa shape index (κ1) is 13.9. The third kappa shape index (κ3) is 3.47. The number of ether oxygens (including phenoxy) is 1. The molecule has 0 atom stereocenters. The minimum Gasteiger partial charge on any atom is -0.465 e. The van der Waals surface area contributed by atoms with Gasteiger partial charge in [0.1, 0.15) is 0 Å². The summed E-state index contributed by atoms with van der Waals surface area (Å²) in [4.78, 5) is 13.9. The highest BCUT2D eigenvalue weighted by Gasteiger charge is 2.17. The van der Waals surface area contributed by atoms with Crippen molar-refractivity contribution < 1.29 is 9.53 Å². The van der Waals surface area contributed by atoms with Crippen LogP contribution in [0.4, 0.5) is 5.69 Å². The number of hydrogen-bond donors (Lipinski definition) is 1. The molecule has 0 radical (unpaired) electrons. The average Bonchev–Trinajstić information content (AvgIpc) is 2.41. The molecule has 19 heavy (non-hydrogen) atoms. The molecule has 4 heteroatoms. The normalized spacial score (nSPS) is 17.2. The van der Waals surface area contributed by atoms with Crippen LogP contribution in [0.15, 0.2) is 18.2 Å². The Balaban J connectivity index is 2.02. The maximum atomic E-state index is 11.5. The molecule has 1 heterocycles. The molecule has 0 aromatic heterocycles. The van der Waals surface area contributed by atoms with E-state index in [1.165, 1.54) is 7.11 Å². The second-order valence-corrected chi connectivity index (χ2v) is 5.24. The molecular formula is C15H22N2O2. The lowest BCUT2D eigenvalue weighted by molar-refractivity contribution is 0.0600. The second-order valence-electron chi connectivity index (χ2n) is 5.24.